The van der Waals surface area contributed by atoms with Crippen molar-refractivity contribution >= 4 is 91.6 Å². The molecule has 0 aliphatic carbocycles. The SMILES string of the molecule is COc1cc(N2CCC(N(C)CC3CCN(c4ccc(N5CCC(=O)NC5=O)c(C)c4)CC3)CC2)c(C)cc1Nc1ncc(Br)c(Nc2ccc3nccnc3c2P(C)(C)=O)n1. The second kappa shape index (κ2) is 18.2. The van der Waals surface area contributed by atoms with Gasteiger partial charge in [0.2, 0.25) is 11.9 Å². The van der Waals surface area contributed by atoms with Crippen molar-refractivity contribution in [2.24, 2.45) is 5.92 Å². The maximum Gasteiger partial charge on any atom is 0.328 e. The number of aryl methyl sites for hydroxylation is 2. The van der Waals surface area contributed by atoms with E-state index in [0.29, 0.717) is 68.9 Å². The van der Waals surface area contributed by atoms with E-state index in [9.17, 15) is 14.2 Å². The van der Waals surface area contributed by atoms with E-state index in [-0.39, 0.29) is 11.9 Å². The van der Waals surface area contributed by atoms with Crippen LogP contribution in [0.1, 0.15) is 43.2 Å². The Morgan fingerprint density at radius 3 is 2.31 bits per heavy atom. The fraction of sp³-hybridized carbons (Fsp3) is 0.422. The zero-order valence-electron chi connectivity index (χ0n) is 36.2. The number of fused-ring (bicyclic) bond motifs is 1. The lowest BCUT2D eigenvalue weighted by molar-refractivity contribution is -0.120. The number of amides is 3. The first kappa shape index (κ1) is 43.3. The molecule has 0 spiro atoms. The largest absolute Gasteiger partial charge is 0.494 e. The molecule has 3 aromatic carbocycles. The normalized spacial score (nSPS) is 16.9. The minimum atomic E-state index is -2.77. The van der Waals surface area contributed by atoms with E-state index in [1.165, 1.54) is 5.69 Å². The molecular weight excluding hydrogens is 869 g/mol. The van der Waals surface area contributed by atoms with E-state index in [1.807, 2.05) is 25.1 Å². The Hall–Kier alpha value is -5.31. The fourth-order valence-corrected chi connectivity index (χ4v) is 10.8. The number of carbonyl (C=O) groups is 2. The van der Waals surface area contributed by atoms with Gasteiger partial charge in [0, 0.05) is 93.5 Å². The average molecular weight is 925 g/mol. The molecule has 3 N–H and O–H groups in total. The number of benzene rings is 3. The first-order chi connectivity index (χ1) is 29.7. The molecule has 15 nitrogen and oxygen atoms in total. The Kier molecular flexibility index (Phi) is 12.7. The third-order valence-corrected chi connectivity index (χ3v) is 14.5. The van der Waals surface area contributed by atoms with Gasteiger partial charge in [0.25, 0.3) is 0 Å². The first-order valence-electron chi connectivity index (χ1n) is 21.2. The summed E-state index contributed by atoms with van der Waals surface area (Å²) in [5, 5.41) is 9.80. The number of rotatable bonds is 12. The molecule has 3 aliphatic rings. The summed E-state index contributed by atoms with van der Waals surface area (Å²) >= 11 is 3.59. The molecule has 0 bridgehead atoms. The van der Waals surface area contributed by atoms with Gasteiger partial charge in [-0.25, -0.2) is 9.78 Å². The maximum atomic E-state index is 13.5. The highest BCUT2D eigenvalue weighted by molar-refractivity contribution is 9.10. The summed E-state index contributed by atoms with van der Waals surface area (Å²) < 4.78 is 20.1. The highest BCUT2D eigenvalue weighted by Crippen LogP contribution is 2.42. The summed E-state index contributed by atoms with van der Waals surface area (Å²) in [5.41, 5.74) is 8.06. The minimum absolute atomic E-state index is 0.219. The van der Waals surface area contributed by atoms with E-state index in [0.717, 1.165) is 86.6 Å². The number of hydrogen-bond donors (Lipinski definition) is 3. The van der Waals surface area contributed by atoms with E-state index >= 15 is 0 Å². The lowest BCUT2D eigenvalue weighted by Gasteiger charge is -2.41. The molecule has 0 unspecified atom stereocenters. The van der Waals surface area contributed by atoms with Crippen molar-refractivity contribution in [2.75, 3.05) is 92.1 Å². The summed E-state index contributed by atoms with van der Waals surface area (Å²) in [6, 6.07) is 14.4. The van der Waals surface area contributed by atoms with E-state index in [4.69, 9.17) is 9.72 Å². The summed E-state index contributed by atoms with van der Waals surface area (Å²) in [6.45, 7) is 13.1. The number of methoxy groups -OCH3 is 1. The molecule has 17 heteroatoms. The van der Waals surface area contributed by atoms with Crippen LogP contribution in [0.3, 0.4) is 0 Å². The monoisotopic (exact) mass is 923 g/mol. The topological polar surface area (TPSA) is 161 Å². The molecule has 3 fully saturated rings. The third-order valence-electron chi connectivity index (χ3n) is 12.4. The second-order valence-electron chi connectivity index (χ2n) is 17.0. The van der Waals surface area contributed by atoms with Crippen molar-refractivity contribution in [3.63, 3.8) is 0 Å². The molecule has 0 saturated carbocycles. The molecule has 0 radical (unpaired) electrons. The van der Waals surface area contributed by atoms with Crippen LogP contribution in [0, 0.1) is 19.8 Å². The van der Waals surface area contributed by atoms with Crippen LogP contribution in [-0.2, 0) is 9.36 Å². The minimum Gasteiger partial charge on any atom is -0.494 e. The van der Waals surface area contributed by atoms with E-state index in [2.05, 4.69) is 99.8 Å². The number of nitrogens with one attached hydrogen (secondary N) is 3. The molecule has 62 heavy (non-hydrogen) atoms. The molecule has 3 aliphatic heterocycles. The fourth-order valence-electron chi connectivity index (χ4n) is 9.13. The van der Waals surface area contributed by atoms with Crippen molar-refractivity contribution in [2.45, 2.75) is 52.0 Å². The quantitative estimate of drug-likeness (QED) is 0.104. The van der Waals surface area contributed by atoms with Crippen LogP contribution < -0.4 is 40.7 Å². The van der Waals surface area contributed by atoms with Gasteiger partial charge in [0.15, 0.2) is 0 Å². The number of halogens is 1. The van der Waals surface area contributed by atoms with Crippen LogP contribution in [0.4, 0.5) is 45.0 Å². The molecule has 8 rings (SSSR count). The van der Waals surface area contributed by atoms with Crippen molar-refractivity contribution < 1.29 is 18.9 Å². The number of hydrogen-bond acceptors (Lipinski definition) is 13. The van der Waals surface area contributed by atoms with E-state index in [1.54, 1.807) is 43.9 Å². The van der Waals surface area contributed by atoms with E-state index < -0.39 is 7.14 Å². The molecule has 5 heterocycles. The van der Waals surface area contributed by atoms with Gasteiger partial charge < -0.3 is 34.6 Å². The highest BCUT2D eigenvalue weighted by atomic mass is 79.9. The Bertz CT molecular complexity index is 2540. The Morgan fingerprint density at radius 1 is 0.871 bits per heavy atom. The number of carbonyl (C=O) groups excluding carboxylic acids is 2. The third kappa shape index (κ3) is 9.37. The Morgan fingerprint density at radius 2 is 1.60 bits per heavy atom. The van der Waals surface area contributed by atoms with Crippen LogP contribution in [0.5, 0.6) is 5.75 Å². The van der Waals surface area contributed by atoms with Gasteiger partial charge in [-0.2, -0.15) is 4.98 Å². The Labute approximate surface area is 371 Å². The van der Waals surface area contributed by atoms with Crippen LogP contribution in [0.2, 0.25) is 0 Å². The van der Waals surface area contributed by atoms with Crippen LogP contribution >= 0.6 is 23.1 Å². The van der Waals surface area contributed by atoms with Crippen LogP contribution in [0.25, 0.3) is 11.0 Å². The van der Waals surface area contributed by atoms with Gasteiger partial charge in [-0.15, -0.1) is 0 Å². The zero-order chi connectivity index (χ0) is 43.7. The molecule has 326 valence electrons. The number of imide groups is 1. The lowest BCUT2D eigenvalue weighted by Crippen LogP contribution is -2.49. The molecular formula is C45H55BrN11O4P. The predicted molar refractivity (Wildman–Crippen MR) is 252 cm³/mol. The summed E-state index contributed by atoms with van der Waals surface area (Å²) in [5.74, 6) is 2.01. The number of aromatic nitrogens is 4. The lowest BCUT2D eigenvalue weighted by atomic mass is 9.94. The van der Waals surface area contributed by atoms with Crippen LogP contribution in [0.15, 0.2) is 65.5 Å². The molecule has 2 aromatic heterocycles. The van der Waals surface area contributed by atoms with Crippen molar-refractivity contribution in [1.29, 1.82) is 0 Å². The number of nitrogens with zero attached hydrogens (tertiary/aromatic N) is 8. The predicted octanol–water partition coefficient (Wildman–Crippen LogP) is 7.81. The second-order valence-corrected chi connectivity index (χ2v) is 21.0. The van der Waals surface area contributed by atoms with Gasteiger partial charge in [0.1, 0.15) is 24.2 Å². The van der Waals surface area contributed by atoms with Gasteiger partial charge >= 0.3 is 6.03 Å². The van der Waals surface area contributed by atoms with Crippen LogP contribution in [-0.4, -0.2) is 110 Å². The Balaban J connectivity index is 0.858. The molecule has 5 aromatic rings. The summed E-state index contributed by atoms with van der Waals surface area (Å²) in [4.78, 5) is 51.5. The van der Waals surface area contributed by atoms with Gasteiger partial charge in [0.05, 0.1) is 33.8 Å². The van der Waals surface area contributed by atoms with Gasteiger partial charge in [-0.05, 0) is 129 Å². The zero-order valence-corrected chi connectivity index (χ0v) is 38.7. The van der Waals surface area contributed by atoms with Crippen molar-refractivity contribution in [3.8, 4) is 5.75 Å². The number of urea groups is 1. The first-order valence-corrected chi connectivity index (χ1v) is 24.6. The summed E-state index contributed by atoms with van der Waals surface area (Å²) in [6.07, 6.45) is 9.70. The molecule has 0 atom stereocenters. The van der Waals surface area contributed by atoms with Crippen molar-refractivity contribution in [1.82, 2.24) is 30.2 Å². The number of ether oxygens (including phenoxy) is 1. The maximum absolute atomic E-state index is 13.5. The van der Waals surface area contributed by atoms with Gasteiger partial charge in [-0.1, -0.05) is 0 Å². The molecule has 3 saturated heterocycles. The smallest absolute Gasteiger partial charge is 0.328 e. The number of anilines is 7. The highest BCUT2D eigenvalue weighted by Gasteiger charge is 2.29. The van der Waals surface area contributed by atoms with Crippen molar-refractivity contribution in [3.05, 3.63) is 76.7 Å². The van der Waals surface area contributed by atoms with Gasteiger partial charge in [-0.3, -0.25) is 25.0 Å². The average Bonchev–Trinajstić information content (AvgIpc) is 3.25. The summed E-state index contributed by atoms with van der Waals surface area (Å²) in [7, 11) is 1.20. The standard InChI is InChI=1S/C45H55BrN11O4P/c1-28-23-32(7-10-37(28)57-22-15-40(58)52-45(57)59)55-18-11-30(12-19-55)27-54(3)31-13-20-56(21-14-31)38-25-39(61-4)36(24-29(38)2)51-44-49-26-33(46)43(53-44)50-35-9-8-34-41(48-17-16-47-34)42(35)62(5,6)60/h7-10,16-17,23-26,30-31H,11-15,18-22,27H2,1-6H3,(H,52,58,59)(H2,49,50,51,53). The number of piperidine rings is 2. The molecule has 3 amide bonds.